The summed E-state index contributed by atoms with van der Waals surface area (Å²) in [5, 5.41) is 10.3. The number of ether oxygens (including phenoxy) is 1. The number of thiol groups is 1. The summed E-state index contributed by atoms with van der Waals surface area (Å²) in [6.45, 7) is 13.2. The van der Waals surface area contributed by atoms with Gasteiger partial charge in [-0.1, -0.05) is 65.5 Å². The van der Waals surface area contributed by atoms with E-state index in [-0.39, 0.29) is 11.5 Å². The molecular formula is C31H54O2S. The Hall–Kier alpha value is 0.01000. The van der Waals surface area contributed by atoms with Crippen LogP contribution in [0, 0.1) is 46.3 Å². The Morgan fingerprint density at radius 1 is 1.06 bits per heavy atom. The van der Waals surface area contributed by atoms with Crippen LogP contribution in [0.25, 0.3) is 0 Å². The van der Waals surface area contributed by atoms with Crippen LogP contribution in [0.1, 0.15) is 118 Å². The number of allylic oxidation sites excluding steroid dienone is 1. The molecule has 0 amide bonds. The van der Waals surface area contributed by atoms with Crippen molar-refractivity contribution < 1.29 is 9.84 Å². The second-order valence-electron chi connectivity index (χ2n) is 13.4. The highest BCUT2D eigenvalue weighted by atomic mass is 32.1. The van der Waals surface area contributed by atoms with E-state index in [1.807, 2.05) is 0 Å². The molecule has 10 atom stereocenters. The first-order chi connectivity index (χ1) is 16.2. The Balaban J connectivity index is 1.33. The fourth-order valence-corrected chi connectivity index (χ4v) is 9.49. The SMILES string of the molecule is CCCCOC(S)C(C)CCC[C@@H](C)[C@H]1CC[C@H]2[C@@H]3CC=C4C[C@@H](O)CC[C@]4(C)[C@H]3CC[C@]12C. The minimum atomic E-state index is -0.0927. The minimum absolute atomic E-state index is 0.0927. The molecule has 4 aliphatic rings. The van der Waals surface area contributed by atoms with Gasteiger partial charge in [-0.3, -0.25) is 0 Å². The van der Waals surface area contributed by atoms with Crippen molar-refractivity contribution >= 4 is 12.6 Å². The Morgan fingerprint density at radius 3 is 2.62 bits per heavy atom. The van der Waals surface area contributed by atoms with E-state index in [4.69, 9.17) is 17.4 Å². The Labute approximate surface area is 216 Å². The average molecular weight is 491 g/mol. The van der Waals surface area contributed by atoms with E-state index in [9.17, 15) is 5.11 Å². The molecule has 196 valence electrons. The molecule has 0 bridgehead atoms. The number of unbranched alkanes of at least 4 members (excludes halogenated alkanes) is 1. The molecule has 34 heavy (non-hydrogen) atoms. The first kappa shape index (κ1) is 27.1. The van der Waals surface area contributed by atoms with Gasteiger partial charge >= 0.3 is 0 Å². The average Bonchev–Trinajstić information content (AvgIpc) is 3.16. The van der Waals surface area contributed by atoms with E-state index >= 15 is 0 Å². The van der Waals surface area contributed by atoms with Crippen LogP contribution >= 0.6 is 12.6 Å². The molecule has 0 aliphatic heterocycles. The fraction of sp³-hybridized carbons (Fsp3) is 0.935. The summed E-state index contributed by atoms with van der Waals surface area (Å²) in [5.74, 6) is 4.90. The van der Waals surface area contributed by atoms with Crippen molar-refractivity contribution in [3.8, 4) is 0 Å². The third kappa shape index (κ3) is 5.19. The topological polar surface area (TPSA) is 29.5 Å². The van der Waals surface area contributed by atoms with Gasteiger partial charge in [0.05, 0.1) is 6.10 Å². The zero-order valence-corrected chi connectivity index (χ0v) is 23.8. The third-order valence-electron chi connectivity index (χ3n) is 11.4. The van der Waals surface area contributed by atoms with Crippen LogP contribution in [0.15, 0.2) is 11.6 Å². The number of aliphatic hydroxyl groups is 1. The first-order valence-corrected chi connectivity index (χ1v) is 15.4. The maximum absolute atomic E-state index is 10.3. The molecule has 2 nitrogen and oxygen atoms in total. The number of rotatable bonds is 10. The van der Waals surface area contributed by atoms with Crippen LogP contribution in [-0.2, 0) is 4.74 Å². The summed E-state index contributed by atoms with van der Waals surface area (Å²) in [6.07, 6.45) is 18.9. The molecule has 0 aromatic rings. The van der Waals surface area contributed by atoms with Gasteiger partial charge in [-0.15, -0.1) is 12.6 Å². The maximum atomic E-state index is 10.3. The predicted octanol–water partition coefficient (Wildman–Crippen LogP) is 8.44. The molecule has 2 unspecified atom stereocenters. The molecule has 0 spiro atoms. The van der Waals surface area contributed by atoms with E-state index in [2.05, 4.69) is 40.7 Å². The lowest BCUT2D eigenvalue weighted by atomic mass is 9.47. The lowest BCUT2D eigenvalue weighted by molar-refractivity contribution is -0.0573. The molecule has 0 heterocycles. The number of hydrogen-bond acceptors (Lipinski definition) is 3. The number of fused-ring (bicyclic) bond motifs is 5. The quantitative estimate of drug-likeness (QED) is 0.139. The molecular weight excluding hydrogens is 436 g/mol. The van der Waals surface area contributed by atoms with E-state index in [1.165, 1.54) is 64.2 Å². The molecule has 4 aliphatic carbocycles. The standard InChI is InChI=1S/C31H54O2S/c1-6-7-19-33-29(34)22(3)10-8-9-21(2)26-13-14-27-25-12-11-23-20-24(32)15-17-30(23,4)28(25)16-18-31(26,27)5/h11,21-22,24-29,32,34H,6-10,12-20H2,1-5H3/t21-,22?,24+,25+,26-,27+,28+,29?,30+,31-/m1/s1. The van der Waals surface area contributed by atoms with Crippen molar-refractivity contribution in [3.63, 3.8) is 0 Å². The molecule has 4 rings (SSSR count). The van der Waals surface area contributed by atoms with Gasteiger partial charge in [0, 0.05) is 6.61 Å². The smallest absolute Gasteiger partial charge is 0.102 e. The molecule has 1 N–H and O–H groups in total. The first-order valence-electron chi connectivity index (χ1n) is 14.9. The summed E-state index contributed by atoms with van der Waals surface area (Å²) in [5.41, 5.74) is 2.61. The second-order valence-corrected chi connectivity index (χ2v) is 13.9. The highest BCUT2D eigenvalue weighted by Gasteiger charge is 2.59. The van der Waals surface area contributed by atoms with Gasteiger partial charge in [0.2, 0.25) is 0 Å². The highest BCUT2D eigenvalue weighted by Crippen LogP contribution is 2.67. The summed E-state index contributed by atoms with van der Waals surface area (Å²) in [6, 6.07) is 0. The fourth-order valence-electron chi connectivity index (χ4n) is 9.24. The zero-order valence-electron chi connectivity index (χ0n) is 22.9. The molecule has 3 saturated carbocycles. The molecule has 3 fully saturated rings. The lowest BCUT2D eigenvalue weighted by Gasteiger charge is -2.58. The van der Waals surface area contributed by atoms with Gasteiger partial charge in [0.1, 0.15) is 5.44 Å². The summed E-state index contributed by atoms with van der Waals surface area (Å²) in [4.78, 5) is 0. The van der Waals surface area contributed by atoms with Gasteiger partial charge in [0.25, 0.3) is 0 Å². The van der Waals surface area contributed by atoms with E-state index in [0.717, 1.165) is 55.5 Å². The van der Waals surface area contributed by atoms with Gasteiger partial charge in [-0.25, -0.2) is 0 Å². The van der Waals surface area contributed by atoms with Gasteiger partial charge < -0.3 is 9.84 Å². The van der Waals surface area contributed by atoms with E-state index in [0.29, 0.717) is 16.7 Å². The van der Waals surface area contributed by atoms with E-state index < -0.39 is 0 Å². The maximum Gasteiger partial charge on any atom is 0.102 e. The van der Waals surface area contributed by atoms with Crippen molar-refractivity contribution in [1.29, 1.82) is 0 Å². The molecule has 0 aromatic heterocycles. The van der Waals surface area contributed by atoms with Crippen molar-refractivity contribution in [3.05, 3.63) is 11.6 Å². The van der Waals surface area contributed by atoms with Crippen LogP contribution in [-0.4, -0.2) is 23.3 Å². The van der Waals surface area contributed by atoms with Crippen LogP contribution in [0.2, 0.25) is 0 Å². The Morgan fingerprint density at radius 2 is 1.85 bits per heavy atom. The molecule has 0 radical (unpaired) electrons. The highest BCUT2D eigenvalue weighted by molar-refractivity contribution is 7.80. The lowest BCUT2D eigenvalue weighted by Crippen LogP contribution is -2.50. The molecule has 0 saturated heterocycles. The van der Waals surface area contributed by atoms with Crippen molar-refractivity contribution in [2.45, 2.75) is 130 Å². The summed E-state index contributed by atoms with van der Waals surface area (Å²) in [7, 11) is 0. The van der Waals surface area contributed by atoms with Crippen LogP contribution in [0.5, 0.6) is 0 Å². The zero-order chi connectivity index (χ0) is 24.5. The van der Waals surface area contributed by atoms with Crippen molar-refractivity contribution in [1.82, 2.24) is 0 Å². The summed E-state index contributed by atoms with van der Waals surface area (Å²) < 4.78 is 5.94. The monoisotopic (exact) mass is 490 g/mol. The Bertz CT molecular complexity index is 706. The van der Waals surface area contributed by atoms with Crippen LogP contribution < -0.4 is 0 Å². The second kappa shape index (κ2) is 11.2. The molecule has 3 heteroatoms. The Kier molecular flexibility index (Phi) is 8.89. The van der Waals surface area contributed by atoms with Crippen LogP contribution in [0.4, 0.5) is 0 Å². The largest absolute Gasteiger partial charge is 0.393 e. The summed E-state index contributed by atoms with van der Waals surface area (Å²) >= 11 is 4.73. The minimum Gasteiger partial charge on any atom is -0.393 e. The van der Waals surface area contributed by atoms with Gasteiger partial charge in [-0.2, -0.15) is 0 Å². The third-order valence-corrected chi connectivity index (χ3v) is 12.1. The van der Waals surface area contributed by atoms with Crippen molar-refractivity contribution in [2.75, 3.05) is 6.61 Å². The molecule has 0 aromatic carbocycles. The van der Waals surface area contributed by atoms with Gasteiger partial charge in [-0.05, 0) is 111 Å². The number of hydrogen-bond donors (Lipinski definition) is 2. The van der Waals surface area contributed by atoms with Crippen molar-refractivity contribution in [2.24, 2.45) is 46.3 Å². The predicted molar refractivity (Wildman–Crippen MR) is 147 cm³/mol. The van der Waals surface area contributed by atoms with Gasteiger partial charge in [0.15, 0.2) is 0 Å². The number of aliphatic hydroxyl groups excluding tert-OH is 1. The van der Waals surface area contributed by atoms with Crippen LogP contribution in [0.3, 0.4) is 0 Å². The van der Waals surface area contributed by atoms with E-state index in [1.54, 1.807) is 5.57 Å². The normalized spacial score (nSPS) is 42.2.